The maximum Gasteiger partial charge on any atom is 0.0371 e. The van der Waals surface area contributed by atoms with Crippen molar-refractivity contribution in [2.45, 2.75) is 38.6 Å². The van der Waals surface area contributed by atoms with E-state index in [0.29, 0.717) is 6.04 Å². The van der Waals surface area contributed by atoms with Crippen molar-refractivity contribution in [1.29, 1.82) is 0 Å². The number of nitrogens with two attached hydrogens (primary N) is 1. The second-order valence-corrected chi connectivity index (χ2v) is 6.06. The van der Waals surface area contributed by atoms with Crippen LogP contribution in [0.4, 0.5) is 11.4 Å². The van der Waals surface area contributed by atoms with E-state index in [0.717, 1.165) is 12.5 Å². The number of hydrogen-bond acceptors (Lipinski definition) is 3. The molecule has 3 nitrogen and oxygen atoms in total. The second kappa shape index (κ2) is 6.29. The smallest absolute Gasteiger partial charge is 0.0371 e. The molecule has 0 saturated heterocycles. The van der Waals surface area contributed by atoms with Crippen LogP contribution >= 0.6 is 0 Å². The van der Waals surface area contributed by atoms with Gasteiger partial charge in [0, 0.05) is 38.1 Å². The molecule has 1 fully saturated rings. The molecule has 0 radical (unpaired) electrons. The summed E-state index contributed by atoms with van der Waals surface area (Å²) in [5, 5.41) is 3.60. The summed E-state index contributed by atoms with van der Waals surface area (Å²) in [7, 11) is 4.15. The molecule has 19 heavy (non-hydrogen) atoms. The Morgan fingerprint density at radius 1 is 1.21 bits per heavy atom. The molecular weight excluding hydrogens is 234 g/mol. The molecule has 1 aliphatic carbocycles. The predicted octanol–water partition coefficient (Wildman–Crippen LogP) is 2.99. The number of rotatable bonds is 4. The molecule has 0 heterocycles. The molecule has 0 atom stereocenters. The first-order valence-electron chi connectivity index (χ1n) is 7.33. The highest BCUT2D eigenvalue weighted by Gasteiger charge is 2.18. The standard InChI is InChI=1S/C16H27N3/c1-12-10-15(19(2)3)8-9-16(12)18-11-13-4-6-14(17)7-5-13/h8-10,13-14,18H,4-7,11,17H2,1-3H3/t13-,14-. The Bertz CT molecular complexity index is 406. The van der Waals surface area contributed by atoms with Crippen molar-refractivity contribution in [3.05, 3.63) is 23.8 Å². The minimum absolute atomic E-state index is 0.442. The van der Waals surface area contributed by atoms with Gasteiger partial charge in [-0.25, -0.2) is 0 Å². The molecule has 0 unspecified atom stereocenters. The lowest BCUT2D eigenvalue weighted by atomic mass is 9.86. The predicted molar refractivity (Wildman–Crippen MR) is 83.9 cm³/mol. The molecule has 3 N–H and O–H groups in total. The highest BCUT2D eigenvalue weighted by atomic mass is 15.1. The third-order valence-corrected chi connectivity index (χ3v) is 4.20. The van der Waals surface area contributed by atoms with Gasteiger partial charge in [-0.05, 0) is 62.3 Å². The number of benzene rings is 1. The fraction of sp³-hybridized carbons (Fsp3) is 0.625. The Hall–Kier alpha value is -1.22. The summed E-state index contributed by atoms with van der Waals surface area (Å²) in [5.74, 6) is 0.785. The van der Waals surface area contributed by atoms with Gasteiger partial charge in [0.05, 0.1) is 0 Å². The SMILES string of the molecule is Cc1cc(N(C)C)ccc1NC[C@H]1CC[C@H](N)CC1. The first-order valence-corrected chi connectivity index (χ1v) is 7.33. The van der Waals surface area contributed by atoms with Crippen LogP contribution in [-0.4, -0.2) is 26.7 Å². The Kier molecular flexibility index (Phi) is 4.70. The number of nitrogens with one attached hydrogen (secondary N) is 1. The van der Waals surface area contributed by atoms with Crippen LogP contribution in [0.5, 0.6) is 0 Å². The van der Waals surface area contributed by atoms with Crippen LogP contribution in [0, 0.1) is 12.8 Å². The first kappa shape index (κ1) is 14.2. The van der Waals surface area contributed by atoms with Crippen LogP contribution in [0.1, 0.15) is 31.2 Å². The van der Waals surface area contributed by atoms with E-state index in [4.69, 9.17) is 5.73 Å². The molecular formula is C16H27N3. The summed E-state index contributed by atoms with van der Waals surface area (Å²) >= 11 is 0. The topological polar surface area (TPSA) is 41.3 Å². The van der Waals surface area contributed by atoms with Crippen LogP contribution < -0.4 is 16.0 Å². The van der Waals surface area contributed by atoms with Crippen molar-refractivity contribution in [3.8, 4) is 0 Å². The van der Waals surface area contributed by atoms with E-state index in [1.165, 1.54) is 42.6 Å². The highest BCUT2D eigenvalue weighted by molar-refractivity contribution is 5.59. The maximum atomic E-state index is 5.95. The van der Waals surface area contributed by atoms with Crippen molar-refractivity contribution < 1.29 is 0 Å². The number of anilines is 2. The monoisotopic (exact) mass is 261 g/mol. The molecule has 1 saturated carbocycles. The van der Waals surface area contributed by atoms with E-state index >= 15 is 0 Å². The van der Waals surface area contributed by atoms with Crippen LogP contribution in [-0.2, 0) is 0 Å². The number of hydrogen-bond donors (Lipinski definition) is 2. The summed E-state index contributed by atoms with van der Waals surface area (Å²) in [6.07, 6.45) is 4.90. The number of aryl methyl sites for hydroxylation is 1. The van der Waals surface area contributed by atoms with Gasteiger partial charge >= 0.3 is 0 Å². The van der Waals surface area contributed by atoms with Crippen LogP contribution in [0.3, 0.4) is 0 Å². The molecule has 106 valence electrons. The van der Waals surface area contributed by atoms with Crippen LogP contribution in [0.15, 0.2) is 18.2 Å². The van der Waals surface area contributed by atoms with Crippen molar-refractivity contribution in [1.82, 2.24) is 0 Å². The zero-order valence-corrected chi connectivity index (χ0v) is 12.4. The van der Waals surface area contributed by atoms with Crippen molar-refractivity contribution in [2.75, 3.05) is 30.9 Å². The minimum Gasteiger partial charge on any atom is -0.385 e. The minimum atomic E-state index is 0.442. The van der Waals surface area contributed by atoms with Crippen LogP contribution in [0.25, 0.3) is 0 Å². The Labute approximate surface area is 117 Å². The molecule has 0 amide bonds. The van der Waals surface area contributed by atoms with E-state index in [9.17, 15) is 0 Å². The third-order valence-electron chi connectivity index (χ3n) is 4.20. The van der Waals surface area contributed by atoms with E-state index in [1.54, 1.807) is 0 Å². The molecule has 2 rings (SSSR count). The van der Waals surface area contributed by atoms with Crippen molar-refractivity contribution in [3.63, 3.8) is 0 Å². The molecule has 0 spiro atoms. The first-order chi connectivity index (χ1) is 9.06. The van der Waals surface area contributed by atoms with Gasteiger partial charge < -0.3 is 16.0 Å². The largest absolute Gasteiger partial charge is 0.385 e. The van der Waals surface area contributed by atoms with Crippen molar-refractivity contribution >= 4 is 11.4 Å². The maximum absolute atomic E-state index is 5.95. The van der Waals surface area contributed by atoms with Gasteiger partial charge in [-0.15, -0.1) is 0 Å². The average Bonchev–Trinajstić information content (AvgIpc) is 2.39. The molecule has 1 aromatic rings. The van der Waals surface area contributed by atoms with Gasteiger partial charge in [0.1, 0.15) is 0 Å². The highest BCUT2D eigenvalue weighted by Crippen LogP contribution is 2.25. The lowest BCUT2D eigenvalue weighted by molar-refractivity contribution is 0.339. The summed E-state index contributed by atoms with van der Waals surface area (Å²) in [4.78, 5) is 2.14. The van der Waals surface area contributed by atoms with Gasteiger partial charge in [0.15, 0.2) is 0 Å². The number of nitrogens with zero attached hydrogens (tertiary/aromatic N) is 1. The molecule has 1 aliphatic rings. The van der Waals surface area contributed by atoms with Crippen molar-refractivity contribution in [2.24, 2.45) is 11.7 Å². The Balaban J connectivity index is 1.89. The Morgan fingerprint density at radius 2 is 1.89 bits per heavy atom. The third kappa shape index (κ3) is 3.87. The second-order valence-electron chi connectivity index (χ2n) is 6.06. The molecule has 0 aliphatic heterocycles. The summed E-state index contributed by atoms with van der Waals surface area (Å²) in [6.45, 7) is 3.25. The van der Waals surface area contributed by atoms with E-state index in [1.807, 2.05) is 0 Å². The van der Waals surface area contributed by atoms with Gasteiger partial charge in [0.2, 0.25) is 0 Å². The summed E-state index contributed by atoms with van der Waals surface area (Å²) in [5.41, 5.74) is 9.79. The van der Waals surface area contributed by atoms with Gasteiger partial charge in [-0.3, -0.25) is 0 Å². The van der Waals surface area contributed by atoms with E-state index in [-0.39, 0.29) is 0 Å². The van der Waals surface area contributed by atoms with E-state index < -0.39 is 0 Å². The zero-order chi connectivity index (χ0) is 13.8. The summed E-state index contributed by atoms with van der Waals surface area (Å²) < 4.78 is 0. The van der Waals surface area contributed by atoms with E-state index in [2.05, 4.69) is 49.4 Å². The molecule has 0 bridgehead atoms. The lowest BCUT2D eigenvalue weighted by Crippen LogP contribution is -2.29. The average molecular weight is 261 g/mol. The quantitative estimate of drug-likeness (QED) is 0.875. The Morgan fingerprint density at radius 3 is 2.47 bits per heavy atom. The lowest BCUT2D eigenvalue weighted by Gasteiger charge is -2.27. The fourth-order valence-corrected chi connectivity index (χ4v) is 2.77. The zero-order valence-electron chi connectivity index (χ0n) is 12.4. The summed E-state index contributed by atoms with van der Waals surface area (Å²) in [6, 6.07) is 7.04. The van der Waals surface area contributed by atoms with Gasteiger partial charge in [0.25, 0.3) is 0 Å². The normalized spacial score (nSPS) is 23.2. The molecule has 1 aromatic carbocycles. The fourth-order valence-electron chi connectivity index (χ4n) is 2.77. The van der Waals surface area contributed by atoms with Gasteiger partial charge in [-0.2, -0.15) is 0 Å². The van der Waals surface area contributed by atoms with Gasteiger partial charge in [-0.1, -0.05) is 0 Å². The van der Waals surface area contributed by atoms with Crippen LogP contribution in [0.2, 0.25) is 0 Å². The molecule has 0 aromatic heterocycles. The molecule has 3 heteroatoms.